The van der Waals surface area contributed by atoms with E-state index in [-0.39, 0.29) is 24.9 Å². The van der Waals surface area contributed by atoms with Gasteiger partial charge in [0, 0.05) is 18.5 Å². The smallest absolute Gasteiger partial charge is 0.226 e. The zero-order chi connectivity index (χ0) is 14.4. The summed E-state index contributed by atoms with van der Waals surface area (Å²) in [5, 5.41) is 16.6. The number of carbonyl (C=O) groups is 1. The highest BCUT2D eigenvalue weighted by Crippen LogP contribution is 2.17. The van der Waals surface area contributed by atoms with Gasteiger partial charge in [-0.25, -0.2) is 0 Å². The summed E-state index contributed by atoms with van der Waals surface area (Å²) in [6.07, 6.45) is 2.00. The van der Waals surface area contributed by atoms with Gasteiger partial charge in [0.15, 0.2) is 5.58 Å². The number of aliphatic hydroxyl groups excluding tert-OH is 1. The first-order valence-corrected chi connectivity index (χ1v) is 6.91. The fourth-order valence-electron chi connectivity index (χ4n) is 2.05. The maximum Gasteiger partial charge on any atom is 0.226 e. The second-order valence-electron chi connectivity index (χ2n) is 5.08. The van der Waals surface area contributed by atoms with Gasteiger partial charge in [-0.1, -0.05) is 24.2 Å². The third-order valence-corrected chi connectivity index (χ3v) is 3.29. The highest BCUT2D eigenvalue weighted by atomic mass is 16.5. The molecule has 2 N–H and O–H groups in total. The number of para-hydroxylation sites is 1. The maximum atomic E-state index is 11.8. The first-order valence-electron chi connectivity index (χ1n) is 6.91. The summed E-state index contributed by atoms with van der Waals surface area (Å²) in [5.41, 5.74) is 1.37. The highest BCUT2D eigenvalue weighted by molar-refractivity contribution is 5.86. The van der Waals surface area contributed by atoms with Gasteiger partial charge < -0.3 is 14.9 Å². The molecule has 1 heterocycles. The molecule has 1 amide bonds. The van der Waals surface area contributed by atoms with E-state index >= 15 is 0 Å². The fraction of sp³-hybridized carbons (Fsp3) is 0.467. The Hall–Kier alpha value is -1.88. The van der Waals surface area contributed by atoms with E-state index in [4.69, 9.17) is 9.63 Å². The highest BCUT2D eigenvalue weighted by Gasteiger charge is 2.11. The average Bonchev–Trinajstić information content (AvgIpc) is 2.86. The van der Waals surface area contributed by atoms with Crippen molar-refractivity contribution in [1.82, 2.24) is 10.5 Å². The molecule has 0 radical (unpaired) electrons. The number of nitrogens with one attached hydrogen (secondary N) is 1. The van der Waals surface area contributed by atoms with Crippen LogP contribution in [0.5, 0.6) is 0 Å². The molecule has 0 saturated carbocycles. The third kappa shape index (κ3) is 3.81. The van der Waals surface area contributed by atoms with Crippen molar-refractivity contribution < 1.29 is 14.4 Å². The van der Waals surface area contributed by atoms with E-state index in [1.54, 1.807) is 0 Å². The first kappa shape index (κ1) is 14.5. The topological polar surface area (TPSA) is 75.4 Å². The Labute approximate surface area is 118 Å². The molecule has 1 aromatic carbocycles. The minimum absolute atomic E-state index is 0.0549. The number of amides is 1. The normalized spacial score (nSPS) is 12.5. The van der Waals surface area contributed by atoms with E-state index in [2.05, 4.69) is 10.5 Å². The molecule has 1 atom stereocenters. The van der Waals surface area contributed by atoms with Crippen LogP contribution in [0.3, 0.4) is 0 Å². The van der Waals surface area contributed by atoms with Crippen molar-refractivity contribution in [3.63, 3.8) is 0 Å². The van der Waals surface area contributed by atoms with Crippen molar-refractivity contribution in [2.75, 3.05) is 13.2 Å². The number of hydrogen-bond donors (Lipinski definition) is 2. The molecule has 0 bridgehead atoms. The van der Waals surface area contributed by atoms with Gasteiger partial charge in [-0.05, 0) is 30.9 Å². The van der Waals surface area contributed by atoms with E-state index < -0.39 is 0 Å². The van der Waals surface area contributed by atoms with E-state index in [0.717, 1.165) is 18.2 Å². The molecule has 108 valence electrons. The van der Waals surface area contributed by atoms with Crippen LogP contribution in [-0.4, -0.2) is 29.3 Å². The molecule has 0 fully saturated rings. The zero-order valence-electron chi connectivity index (χ0n) is 11.6. The van der Waals surface area contributed by atoms with Crippen LogP contribution in [-0.2, 0) is 11.2 Å². The van der Waals surface area contributed by atoms with Crippen LogP contribution in [0, 0.1) is 5.92 Å². The summed E-state index contributed by atoms with van der Waals surface area (Å²) in [6, 6.07) is 7.51. The molecule has 20 heavy (non-hydrogen) atoms. The van der Waals surface area contributed by atoms with Crippen LogP contribution in [0.4, 0.5) is 0 Å². The van der Waals surface area contributed by atoms with E-state index in [9.17, 15) is 4.79 Å². The van der Waals surface area contributed by atoms with Gasteiger partial charge in [-0.3, -0.25) is 4.79 Å². The monoisotopic (exact) mass is 276 g/mol. The number of aromatic nitrogens is 1. The van der Waals surface area contributed by atoms with Crippen molar-refractivity contribution in [3.05, 3.63) is 30.0 Å². The Balaban J connectivity index is 1.80. The number of rotatable bonds is 7. The summed E-state index contributed by atoms with van der Waals surface area (Å²) in [4.78, 5) is 11.8. The van der Waals surface area contributed by atoms with Crippen molar-refractivity contribution in [2.24, 2.45) is 5.92 Å². The Morgan fingerprint density at radius 2 is 2.25 bits per heavy atom. The fourth-order valence-corrected chi connectivity index (χ4v) is 2.05. The summed E-state index contributed by atoms with van der Waals surface area (Å²) in [7, 11) is 0. The molecular formula is C15H20N2O3. The van der Waals surface area contributed by atoms with Crippen molar-refractivity contribution in [2.45, 2.75) is 26.2 Å². The lowest BCUT2D eigenvalue weighted by Gasteiger charge is -2.07. The lowest BCUT2D eigenvalue weighted by atomic mass is 10.1. The maximum absolute atomic E-state index is 11.8. The van der Waals surface area contributed by atoms with Crippen LogP contribution in [0.2, 0.25) is 0 Å². The van der Waals surface area contributed by atoms with Gasteiger partial charge in [0.05, 0.1) is 6.42 Å². The third-order valence-electron chi connectivity index (χ3n) is 3.29. The van der Waals surface area contributed by atoms with Gasteiger partial charge in [0.2, 0.25) is 5.91 Å². The number of carbonyl (C=O) groups excluding carboxylic acids is 1. The lowest BCUT2D eigenvalue weighted by molar-refractivity contribution is -0.120. The molecule has 5 heteroatoms. The molecular weight excluding hydrogens is 256 g/mol. The second kappa shape index (κ2) is 7.05. The molecule has 0 saturated heterocycles. The summed E-state index contributed by atoms with van der Waals surface area (Å²) < 4.78 is 5.16. The Morgan fingerprint density at radius 1 is 1.45 bits per heavy atom. The quantitative estimate of drug-likeness (QED) is 0.757. The molecule has 0 aliphatic carbocycles. The van der Waals surface area contributed by atoms with Crippen molar-refractivity contribution in [3.8, 4) is 0 Å². The van der Waals surface area contributed by atoms with Crippen LogP contribution in [0.1, 0.15) is 25.5 Å². The number of fused-ring (bicyclic) bond motifs is 1. The van der Waals surface area contributed by atoms with Crippen molar-refractivity contribution in [1.29, 1.82) is 0 Å². The van der Waals surface area contributed by atoms with E-state index in [1.165, 1.54) is 0 Å². The summed E-state index contributed by atoms with van der Waals surface area (Å²) in [5.74, 6) is 0.229. The average molecular weight is 276 g/mol. The molecule has 2 rings (SSSR count). The SMILES string of the molecule is CC(CO)CCCNC(=O)Cc1noc2ccccc12. The molecule has 1 aromatic heterocycles. The summed E-state index contributed by atoms with van der Waals surface area (Å²) in [6.45, 7) is 2.81. The Morgan fingerprint density at radius 3 is 3.05 bits per heavy atom. The molecule has 0 spiro atoms. The predicted octanol–water partition coefficient (Wildman–Crippen LogP) is 1.90. The largest absolute Gasteiger partial charge is 0.396 e. The van der Waals surface area contributed by atoms with Crippen molar-refractivity contribution >= 4 is 16.9 Å². The number of nitrogens with zero attached hydrogens (tertiary/aromatic N) is 1. The molecule has 0 aliphatic heterocycles. The van der Waals surface area contributed by atoms with Crippen LogP contribution < -0.4 is 5.32 Å². The molecule has 5 nitrogen and oxygen atoms in total. The van der Waals surface area contributed by atoms with E-state index in [1.807, 2.05) is 31.2 Å². The van der Waals surface area contributed by atoms with Gasteiger partial charge in [0.25, 0.3) is 0 Å². The number of aliphatic hydroxyl groups is 1. The minimum atomic E-state index is -0.0549. The number of benzene rings is 1. The van der Waals surface area contributed by atoms with Crippen LogP contribution in [0.25, 0.3) is 11.0 Å². The van der Waals surface area contributed by atoms with Gasteiger partial charge in [-0.15, -0.1) is 0 Å². The Kier molecular flexibility index (Phi) is 5.12. The summed E-state index contributed by atoms with van der Waals surface area (Å²) >= 11 is 0. The van der Waals surface area contributed by atoms with Crippen LogP contribution in [0.15, 0.2) is 28.8 Å². The first-order chi connectivity index (χ1) is 9.70. The minimum Gasteiger partial charge on any atom is -0.396 e. The zero-order valence-corrected chi connectivity index (χ0v) is 11.6. The van der Waals surface area contributed by atoms with E-state index in [0.29, 0.717) is 17.8 Å². The number of hydrogen-bond acceptors (Lipinski definition) is 4. The Bertz CT molecular complexity index is 565. The molecule has 0 aliphatic rings. The van der Waals surface area contributed by atoms with Gasteiger partial charge in [0.1, 0.15) is 5.69 Å². The molecule has 2 aromatic rings. The lowest BCUT2D eigenvalue weighted by Crippen LogP contribution is -2.26. The second-order valence-corrected chi connectivity index (χ2v) is 5.08. The van der Waals surface area contributed by atoms with Gasteiger partial charge >= 0.3 is 0 Å². The van der Waals surface area contributed by atoms with Crippen LogP contribution >= 0.6 is 0 Å². The standard InChI is InChI=1S/C15H20N2O3/c1-11(10-18)5-4-8-16-15(19)9-13-12-6-2-3-7-14(12)20-17-13/h2-3,6-7,11,18H,4-5,8-10H2,1H3,(H,16,19). The molecule has 1 unspecified atom stereocenters. The predicted molar refractivity (Wildman–Crippen MR) is 76.2 cm³/mol. The van der Waals surface area contributed by atoms with Gasteiger partial charge in [-0.2, -0.15) is 0 Å².